The van der Waals surface area contributed by atoms with Gasteiger partial charge in [0, 0.05) is 19.7 Å². The number of hydrazone groups is 1. The van der Waals surface area contributed by atoms with E-state index in [2.05, 4.69) is 17.1 Å². The Hall–Kier alpha value is -2.08. The van der Waals surface area contributed by atoms with E-state index in [4.69, 9.17) is 0 Å². The van der Waals surface area contributed by atoms with Crippen molar-refractivity contribution < 1.29 is 14.6 Å². The van der Waals surface area contributed by atoms with Crippen LogP contribution in [-0.2, 0) is 0 Å². The van der Waals surface area contributed by atoms with E-state index >= 15 is 0 Å². The molecule has 1 heterocycles. The summed E-state index contributed by atoms with van der Waals surface area (Å²) >= 11 is 0. The summed E-state index contributed by atoms with van der Waals surface area (Å²) in [6.07, 6.45) is 4.77. The molecule has 0 aromatic carbocycles. The monoisotopic (exact) mass is 267 g/mol. The fraction of sp³-hybridized carbons (Fsp3) is 0.308. The van der Waals surface area contributed by atoms with Crippen LogP contribution in [0.5, 0.6) is 0 Å². The van der Waals surface area contributed by atoms with Crippen LogP contribution in [0.25, 0.3) is 0 Å². The number of nitrogens with zero attached hydrogens (tertiary/aromatic N) is 2. The SMILES string of the molecule is C=C/C(=C\C=C(/C)F)CN(C)C1=NNC(O)C(O)=C1. The molecule has 0 amide bonds. The molecule has 1 aliphatic heterocycles. The first kappa shape index (κ1) is 15.0. The fourth-order valence-electron chi connectivity index (χ4n) is 1.39. The van der Waals surface area contributed by atoms with Crippen molar-refractivity contribution in [2.45, 2.75) is 13.2 Å². The molecular formula is C13H18FN3O2. The average Bonchev–Trinajstić information content (AvgIpc) is 2.37. The van der Waals surface area contributed by atoms with Crippen molar-refractivity contribution in [2.75, 3.05) is 13.6 Å². The highest BCUT2D eigenvalue weighted by atomic mass is 19.1. The number of hydrogen-bond acceptors (Lipinski definition) is 5. The minimum absolute atomic E-state index is 0.208. The van der Waals surface area contributed by atoms with Gasteiger partial charge in [0.25, 0.3) is 0 Å². The fourth-order valence-corrected chi connectivity index (χ4v) is 1.39. The van der Waals surface area contributed by atoms with Crippen LogP contribution < -0.4 is 5.43 Å². The molecule has 0 aliphatic carbocycles. The van der Waals surface area contributed by atoms with Crippen molar-refractivity contribution in [3.63, 3.8) is 0 Å². The predicted octanol–water partition coefficient (Wildman–Crippen LogP) is 1.58. The molecule has 0 saturated carbocycles. The number of allylic oxidation sites excluding steroid dienone is 3. The van der Waals surface area contributed by atoms with E-state index < -0.39 is 6.23 Å². The molecule has 0 aromatic heterocycles. The molecule has 0 aromatic rings. The highest BCUT2D eigenvalue weighted by molar-refractivity contribution is 5.93. The van der Waals surface area contributed by atoms with E-state index in [-0.39, 0.29) is 11.6 Å². The van der Waals surface area contributed by atoms with Crippen molar-refractivity contribution in [2.24, 2.45) is 5.10 Å². The van der Waals surface area contributed by atoms with Crippen molar-refractivity contribution in [3.05, 3.63) is 48.0 Å². The maximum absolute atomic E-state index is 12.6. The number of aliphatic hydroxyl groups is 2. The lowest BCUT2D eigenvalue weighted by molar-refractivity contribution is 0.120. The number of halogens is 1. The quantitative estimate of drug-likeness (QED) is 0.676. The van der Waals surface area contributed by atoms with Crippen LogP contribution in [-0.4, -0.2) is 40.8 Å². The van der Waals surface area contributed by atoms with Crippen LogP contribution in [0.2, 0.25) is 0 Å². The molecule has 19 heavy (non-hydrogen) atoms. The van der Waals surface area contributed by atoms with Crippen LogP contribution in [0.15, 0.2) is 53.1 Å². The highest BCUT2D eigenvalue weighted by Crippen LogP contribution is 2.07. The molecule has 0 saturated heterocycles. The largest absolute Gasteiger partial charge is 0.507 e. The maximum atomic E-state index is 12.6. The van der Waals surface area contributed by atoms with E-state index in [9.17, 15) is 14.6 Å². The van der Waals surface area contributed by atoms with Gasteiger partial charge in [-0.3, -0.25) is 5.43 Å². The first-order valence-electron chi connectivity index (χ1n) is 5.72. The summed E-state index contributed by atoms with van der Waals surface area (Å²) in [7, 11) is 1.76. The first-order valence-corrected chi connectivity index (χ1v) is 5.72. The molecule has 6 heteroatoms. The highest BCUT2D eigenvalue weighted by Gasteiger charge is 2.17. The molecule has 3 N–H and O–H groups in total. The standard InChI is InChI=1S/C13H18FN3O2/c1-4-10(6-5-9(2)14)8-17(3)12-7-11(18)13(19)16-15-12/h4-7,13,16,18-19H,1,8H2,2-3H3/b9-5+,10-6+. The summed E-state index contributed by atoms with van der Waals surface area (Å²) in [5.41, 5.74) is 3.16. The third-order valence-electron chi connectivity index (χ3n) is 2.46. The Balaban J connectivity index is 2.74. The zero-order valence-corrected chi connectivity index (χ0v) is 11.0. The van der Waals surface area contributed by atoms with Crippen LogP contribution in [0.4, 0.5) is 4.39 Å². The predicted molar refractivity (Wildman–Crippen MR) is 73.1 cm³/mol. The summed E-state index contributed by atoms with van der Waals surface area (Å²) in [5.74, 6) is -0.0451. The Morgan fingerprint density at radius 1 is 1.63 bits per heavy atom. The van der Waals surface area contributed by atoms with E-state index in [1.807, 2.05) is 0 Å². The normalized spacial score (nSPS) is 20.3. The molecule has 1 aliphatic rings. The second-order valence-corrected chi connectivity index (χ2v) is 4.13. The molecule has 0 radical (unpaired) electrons. The van der Waals surface area contributed by atoms with Gasteiger partial charge in [0.15, 0.2) is 12.1 Å². The van der Waals surface area contributed by atoms with Gasteiger partial charge in [0.1, 0.15) is 5.76 Å². The van der Waals surface area contributed by atoms with Gasteiger partial charge in [0.05, 0.1) is 5.83 Å². The minimum Gasteiger partial charge on any atom is -0.507 e. The minimum atomic E-state index is -1.18. The maximum Gasteiger partial charge on any atom is 0.198 e. The topological polar surface area (TPSA) is 68.1 Å². The van der Waals surface area contributed by atoms with Crippen LogP contribution in [0, 0.1) is 0 Å². The number of likely N-dealkylation sites (N-methyl/N-ethyl adjacent to an activating group) is 1. The van der Waals surface area contributed by atoms with Crippen molar-refractivity contribution in [1.82, 2.24) is 10.3 Å². The molecule has 1 rings (SSSR count). The van der Waals surface area contributed by atoms with Gasteiger partial charge in [-0.05, 0) is 18.6 Å². The lowest BCUT2D eigenvalue weighted by Crippen LogP contribution is -2.37. The summed E-state index contributed by atoms with van der Waals surface area (Å²) in [4.78, 5) is 1.73. The molecule has 0 bridgehead atoms. The lowest BCUT2D eigenvalue weighted by atomic mass is 10.2. The Labute approximate surface area is 111 Å². The summed E-state index contributed by atoms with van der Waals surface area (Å²) in [6.45, 7) is 5.45. The number of nitrogens with one attached hydrogen (secondary N) is 1. The number of rotatable bonds is 4. The summed E-state index contributed by atoms with van der Waals surface area (Å²) < 4.78 is 12.6. The Kier molecular flexibility index (Phi) is 5.32. The van der Waals surface area contributed by atoms with Gasteiger partial charge < -0.3 is 15.1 Å². The van der Waals surface area contributed by atoms with Crippen LogP contribution in [0.1, 0.15) is 6.92 Å². The van der Waals surface area contributed by atoms with Gasteiger partial charge >= 0.3 is 0 Å². The zero-order chi connectivity index (χ0) is 14.4. The molecule has 0 fully saturated rings. The number of amidine groups is 1. The van der Waals surface area contributed by atoms with E-state index in [1.54, 1.807) is 24.1 Å². The molecule has 0 spiro atoms. The number of hydrogen-bond donors (Lipinski definition) is 3. The average molecular weight is 267 g/mol. The van der Waals surface area contributed by atoms with Gasteiger partial charge in [-0.1, -0.05) is 18.7 Å². The Morgan fingerprint density at radius 2 is 2.32 bits per heavy atom. The lowest BCUT2D eigenvalue weighted by Gasteiger charge is -2.24. The van der Waals surface area contributed by atoms with Crippen LogP contribution >= 0.6 is 0 Å². The molecule has 1 atom stereocenters. The van der Waals surface area contributed by atoms with Gasteiger partial charge in [0.2, 0.25) is 0 Å². The van der Waals surface area contributed by atoms with E-state index in [1.165, 1.54) is 19.1 Å². The van der Waals surface area contributed by atoms with Crippen molar-refractivity contribution in [1.29, 1.82) is 0 Å². The van der Waals surface area contributed by atoms with Crippen molar-refractivity contribution >= 4 is 5.84 Å². The van der Waals surface area contributed by atoms with Gasteiger partial charge in [-0.25, -0.2) is 4.39 Å². The first-order chi connectivity index (χ1) is 8.93. The molecular weight excluding hydrogens is 249 g/mol. The van der Waals surface area contributed by atoms with Gasteiger partial charge in [-0.2, -0.15) is 5.10 Å². The summed E-state index contributed by atoms with van der Waals surface area (Å²) in [6, 6.07) is 0. The summed E-state index contributed by atoms with van der Waals surface area (Å²) in [5, 5.41) is 22.5. The van der Waals surface area contributed by atoms with Gasteiger partial charge in [-0.15, -0.1) is 0 Å². The smallest absolute Gasteiger partial charge is 0.198 e. The van der Waals surface area contributed by atoms with E-state index in [0.717, 1.165) is 5.57 Å². The number of aliphatic hydroxyl groups excluding tert-OH is 2. The molecule has 5 nitrogen and oxygen atoms in total. The molecule has 1 unspecified atom stereocenters. The Morgan fingerprint density at radius 3 is 2.84 bits per heavy atom. The third kappa shape index (κ3) is 4.59. The van der Waals surface area contributed by atoms with Crippen LogP contribution in [0.3, 0.4) is 0 Å². The van der Waals surface area contributed by atoms with Crippen molar-refractivity contribution in [3.8, 4) is 0 Å². The zero-order valence-electron chi connectivity index (χ0n) is 11.0. The second kappa shape index (κ2) is 6.75. The van der Waals surface area contributed by atoms with E-state index in [0.29, 0.717) is 12.4 Å². The molecule has 104 valence electrons. The Bertz CT molecular complexity index is 463. The second-order valence-electron chi connectivity index (χ2n) is 4.13. The third-order valence-corrected chi connectivity index (χ3v) is 2.46.